The first-order valence-electron chi connectivity index (χ1n) is 11.5. The number of methoxy groups -OCH3 is 1. The molecule has 1 aliphatic rings. The van der Waals surface area contributed by atoms with E-state index in [0.29, 0.717) is 19.5 Å². The van der Waals surface area contributed by atoms with Gasteiger partial charge < -0.3 is 10.1 Å². The van der Waals surface area contributed by atoms with Gasteiger partial charge >= 0.3 is 0 Å². The van der Waals surface area contributed by atoms with Crippen LogP contribution in [0.5, 0.6) is 5.75 Å². The van der Waals surface area contributed by atoms with Gasteiger partial charge in [0.05, 0.1) is 19.0 Å². The molecule has 2 aromatic heterocycles. The SMILES string of the molecule is COc1ccccc1-c1nn(CCC(=O)NCCC2=CCCCC2)c2nc(C)cc(C)c12. The van der Waals surface area contributed by atoms with E-state index in [9.17, 15) is 4.79 Å². The number of aryl methyl sites for hydroxylation is 3. The number of carbonyl (C=O) groups is 1. The highest BCUT2D eigenvalue weighted by Crippen LogP contribution is 2.35. The minimum absolute atomic E-state index is 0.0493. The van der Waals surface area contributed by atoms with Crippen LogP contribution >= 0.6 is 0 Å². The molecule has 6 heteroatoms. The van der Waals surface area contributed by atoms with E-state index in [1.165, 1.54) is 31.3 Å². The molecule has 3 aromatic rings. The van der Waals surface area contributed by atoms with E-state index in [2.05, 4.69) is 24.4 Å². The van der Waals surface area contributed by atoms with Crippen LogP contribution in [0.15, 0.2) is 42.0 Å². The molecule has 0 radical (unpaired) electrons. The summed E-state index contributed by atoms with van der Waals surface area (Å²) < 4.78 is 7.44. The van der Waals surface area contributed by atoms with Gasteiger partial charge in [0.25, 0.3) is 0 Å². The highest BCUT2D eigenvalue weighted by atomic mass is 16.5. The van der Waals surface area contributed by atoms with Crippen molar-refractivity contribution in [1.29, 1.82) is 0 Å². The van der Waals surface area contributed by atoms with Crippen LogP contribution in [0, 0.1) is 13.8 Å². The summed E-state index contributed by atoms with van der Waals surface area (Å²) in [4.78, 5) is 17.3. The summed E-state index contributed by atoms with van der Waals surface area (Å²) in [6, 6.07) is 9.95. The lowest BCUT2D eigenvalue weighted by molar-refractivity contribution is -0.121. The fraction of sp³-hybridized carbons (Fsp3) is 0.423. The normalized spacial score (nSPS) is 13.8. The van der Waals surface area contributed by atoms with Gasteiger partial charge in [-0.05, 0) is 69.7 Å². The number of hydrogen-bond donors (Lipinski definition) is 1. The third-order valence-corrected chi connectivity index (χ3v) is 6.09. The molecule has 168 valence electrons. The van der Waals surface area contributed by atoms with E-state index in [0.717, 1.165) is 45.7 Å². The summed E-state index contributed by atoms with van der Waals surface area (Å²) in [6.07, 6.45) is 8.57. The molecule has 1 amide bonds. The first-order chi connectivity index (χ1) is 15.6. The number of ether oxygens (including phenoxy) is 1. The second-order valence-corrected chi connectivity index (χ2v) is 8.51. The third-order valence-electron chi connectivity index (χ3n) is 6.09. The van der Waals surface area contributed by atoms with Gasteiger partial charge in [-0.1, -0.05) is 23.8 Å². The lowest BCUT2D eigenvalue weighted by Gasteiger charge is -2.13. The van der Waals surface area contributed by atoms with E-state index in [4.69, 9.17) is 14.8 Å². The molecule has 1 N–H and O–H groups in total. The Bertz CT molecular complexity index is 1150. The second kappa shape index (κ2) is 9.98. The van der Waals surface area contributed by atoms with Gasteiger partial charge in [0.2, 0.25) is 5.91 Å². The van der Waals surface area contributed by atoms with Crippen molar-refractivity contribution in [3.63, 3.8) is 0 Å². The van der Waals surface area contributed by atoms with Crippen LogP contribution in [-0.2, 0) is 11.3 Å². The fourth-order valence-electron chi connectivity index (χ4n) is 4.49. The molecule has 0 unspecified atom stereocenters. The van der Waals surface area contributed by atoms with Gasteiger partial charge in [0.15, 0.2) is 5.65 Å². The topological polar surface area (TPSA) is 69.0 Å². The van der Waals surface area contributed by atoms with E-state index in [1.54, 1.807) is 7.11 Å². The Labute approximate surface area is 189 Å². The minimum Gasteiger partial charge on any atom is -0.496 e. The molecule has 0 atom stereocenters. The van der Waals surface area contributed by atoms with Crippen LogP contribution in [0.4, 0.5) is 0 Å². The van der Waals surface area contributed by atoms with Gasteiger partial charge in [0, 0.05) is 24.2 Å². The molecule has 32 heavy (non-hydrogen) atoms. The van der Waals surface area contributed by atoms with E-state index < -0.39 is 0 Å². The zero-order valence-corrected chi connectivity index (χ0v) is 19.3. The van der Waals surface area contributed by atoms with E-state index >= 15 is 0 Å². The maximum absolute atomic E-state index is 12.5. The van der Waals surface area contributed by atoms with Gasteiger partial charge in [-0.2, -0.15) is 5.10 Å². The summed E-state index contributed by atoms with van der Waals surface area (Å²) in [5.41, 5.74) is 6.11. The van der Waals surface area contributed by atoms with Crippen molar-refractivity contribution in [2.24, 2.45) is 0 Å². The Morgan fingerprint density at radius 2 is 2.06 bits per heavy atom. The van der Waals surface area contributed by atoms with Crippen molar-refractivity contribution in [2.75, 3.05) is 13.7 Å². The molecule has 0 spiro atoms. The standard InChI is InChI=1S/C26H32N4O2/c1-18-17-19(2)28-26-24(18)25(21-11-7-8-12-22(21)32-3)29-30(26)16-14-23(31)27-15-13-20-9-5-4-6-10-20/h7-9,11-12,17H,4-6,10,13-16H2,1-3H3,(H,27,31). The molecule has 1 aliphatic carbocycles. The Hall–Kier alpha value is -3.15. The summed E-state index contributed by atoms with van der Waals surface area (Å²) in [5.74, 6) is 0.821. The molecular formula is C26H32N4O2. The summed E-state index contributed by atoms with van der Waals surface area (Å²) >= 11 is 0. The average Bonchev–Trinajstić information content (AvgIpc) is 3.17. The number of hydrogen-bond acceptors (Lipinski definition) is 4. The molecular weight excluding hydrogens is 400 g/mol. The van der Waals surface area contributed by atoms with Crippen LogP contribution in [0.3, 0.4) is 0 Å². The zero-order valence-electron chi connectivity index (χ0n) is 19.3. The van der Waals surface area contributed by atoms with Crippen molar-refractivity contribution in [3.8, 4) is 17.0 Å². The highest BCUT2D eigenvalue weighted by molar-refractivity contribution is 5.95. The number of pyridine rings is 1. The van der Waals surface area contributed by atoms with Gasteiger partial charge in [-0.15, -0.1) is 0 Å². The largest absolute Gasteiger partial charge is 0.496 e. The zero-order chi connectivity index (χ0) is 22.5. The molecule has 0 saturated heterocycles. The number of benzene rings is 1. The van der Waals surface area contributed by atoms with Crippen LogP contribution in [-0.4, -0.2) is 34.3 Å². The third kappa shape index (κ3) is 4.85. The number of nitrogens with zero attached hydrogens (tertiary/aromatic N) is 3. The Kier molecular flexibility index (Phi) is 6.88. The van der Waals surface area contributed by atoms with Gasteiger partial charge in [-0.3, -0.25) is 4.79 Å². The van der Waals surface area contributed by atoms with Crippen LogP contribution < -0.4 is 10.1 Å². The number of aromatic nitrogens is 3. The minimum atomic E-state index is 0.0493. The number of para-hydroxylation sites is 1. The highest BCUT2D eigenvalue weighted by Gasteiger charge is 2.19. The maximum atomic E-state index is 12.5. The molecule has 4 rings (SSSR count). The Morgan fingerprint density at radius 1 is 1.22 bits per heavy atom. The predicted octanol–water partition coefficient (Wildman–Crippen LogP) is 5.12. The number of rotatable bonds is 8. The van der Waals surface area contributed by atoms with Crippen LogP contribution in [0.2, 0.25) is 0 Å². The van der Waals surface area contributed by atoms with E-state index in [-0.39, 0.29) is 5.91 Å². The number of fused-ring (bicyclic) bond motifs is 1. The number of allylic oxidation sites excluding steroid dienone is 1. The van der Waals surface area contributed by atoms with Crippen LogP contribution in [0.1, 0.15) is 49.8 Å². The number of amides is 1. The molecule has 0 aliphatic heterocycles. The lowest BCUT2D eigenvalue weighted by Crippen LogP contribution is -2.26. The van der Waals surface area contributed by atoms with Crippen LogP contribution in [0.25, 0.3) is 22.3 Å². The van der Waals surface area contributed by atoms with Crippen molar-refractivity contribution in [1.82, 2.24) is 20.1 Å². The first kappa shape index (κ1) is 22.1. The average molecular weight is 433 g/mol. The second-order valence-electron chi connectivity index (χ2n) is 8.51. The smallest absolute Gasteiger partial charge is 0.221 e. The van der Waals surface area contributed by atoms with Crippen molar-refractivity contribution in [2.45, 2.75) is 58.9 Å². The quantitative estimate of drug-likeness (QED) is 0.502. The van der Waals surface area contributed by atoms with Gasteiger partial charge in [0.1, 0.15) is 11.4 Å². The molecule has 0 fully saturated rings. The summed E-state index contributed by atoms with van der Waals surface area (Å²) in [7, 11) is 1.67. The lowest BCUT2D eigenvalue weighted by atomic mass is 9.97. The molecule has 0 bridgehead atoms. The van der Waals surface area contributed by atoms with Crippen molar-refractivity contribution in [3.05, 3.63) is 53.2 Å². The van der Waals surface area contributed by atoms with Gasteiger partial charge in [-0.25, -0.2) is 9.67 Å². The fourth-order valence-corrected chi connectivity index (χ4v) is 4.49. The van der Waals surface area contributed by atoms with Crippen molar-refractivity contribution >= 4 is 16.9 Å². The molecule has 2 heterocycles. The molecule has 6 nitrogen and oxygen atoms in total. The predicted molar refractivity (Wildman–Crippen MR) is 128 cm³/mol. The molecule has 1 aromatic carbocycles. The summed E-state index contributed by atoms with van der Waals surface area (Å²) in [6.45, 7) is 5.25. The number of nitrogens with one attached hydrogen (secondary N) is 1. The number of carbonyl (C=O) groups excluding carboxylic acids is 1. The first-order valence-corrected chi connectivity index (χ1v) is 11.5. The van der Waals surface area contributed by atoms with E-state index in [1.807, 2.05) is 35.9 Å². The molecule has 0 saturated carbocycles. The Morgan fingerprint density at radius 3 is 2.84 bits per heavy atom. The van der Waals surface area contributed by atoms with Crippen molar-refractivity contribution < 1.29 is 9.53 Å². The monoisotopic (exact) mass is 432 g/mol. The summed E-state index contributed by atoms with van der Waals surface area (Å²) in [5, 5.41) is 8.95. The Balaban J connectivity index is 1.52. The maximum Gasteiger partial charge on any atom is 0.221 e.